The fourth-order valence-electron chi connectivity index (χ4n) is 4.66. The lowest BCUT2D eigenvalue weighted by atomic mass is 9.61. The standard InChI is InChI=1S/C29H20O2/c30-27-20-26(24-18-10-11-19-25(24)28(27)31)29(21-12-4-1-5-13-21,22-14-6-2-7-15-22)23-16-8-3-9-17-23/h1-20H. The molecule has 0 heterocycles. The summed E-state index contributed by atoms with van der Waals surface area (Å²) in [6.07, 6.45) is 1.54. The second-order valence-corrected chi connectivity index (χ2v) is 7.65. The molecular formula is C29H20O2. The molecule has 2 heteroatoms. The van der Waals surface area contributed by atoms with E-state index in [1.807, 2.05) is 72.8 Å². The lowest BCUT2D eigenvalue weighted by Crippen LogP contribution is -2.34. The van der Waals surface area contributed by atoms with Crippen molar-refractivity contribution in [3.8, 4) is 0 Å². The Bertz CT molecular complexity index is 1190. The molecule has 1 aliphatic carbocycles. The molecule has 4 aromatic carbocycles. The van der Waals surface area contributed by atoms with Gasteiger partial charge in [0, 0.05) is 5.56 Å². The zero-order chi connectivity index (χ0) is 21.3. The third-order valence-electron chi connectivity index (χ3n) is 5.99. The monoisotopic (exact) mass is 400 g/mol. The smallest absolute Gasteiger partial charge is 0.233 e. The highest BCUT2D eigenvalue weighted by molar-refractivity contribution is 6.50. The highest BCUT2D eigenvalue weighted by Crippen LogP contribution is 2.50. The molecule has 0 aliphatic heterocycles. The molecule has 0 unspecified atom stereocenters. The highest BCUT2D eigenvalue weighted by atomic mass is 16.2. The quantitative estimate of drug-likeness (QED) is 0.317. The number of ketones is 2. The summed E-state index contributed by atoms with van der Waals surface area (Å²) in [4.78, 5) is 25.6. The number of hydrogen-bond donors (Lipinski definition) is 0. The molecule has 4 aromatic rings. The summed E-state index contributed by atoms with van der Waals surface area (Å²) in [6, 6.07) is 38.0. The van der Waals surface area contributed by atoms with Gasteiger partial charge in [-0.25, -0.2) is 0 Å². The summed E-state index contributed by atoms with van der Waals surface area (Å²) in [5.41, 5.74) is 4.43. The number of Topliss-reactive ketones (excluding diaryl/α,β-unsaturated/α-hetero) is 1. The van der Waals surface area contributed by atoms with Gasteiger partial charge in [0.2, 0.25) is 11.6 Å². The molecule has 0 bridgehead atoms. The number of carbonyl (C=O) groups excluding carboxylic acids is 2. The highest BCUT2D eigenvalue weighted by Gasteiger charge is 2.44. The fourth-order valence-corrected chi connectivity index (χ4v) is 4.66. The van der Waals surface area contributed by atoms with E-state index in [1.165, 1.54) is 6.08 Å². The molecule has 0 atom stereocenters. The molecule has 0 aromatic heterocycles. The first-order valence-electron chi connectivity index (χ1n) is 10.3. The normalized spacial score (nSPS) is 13.5. The van der Waals surface area contributed by atoms with Crippen LogP contribution in [-0.2, 0) is 10.2 Å². The van der Waals surface area contributed by atoms with E-state index in [2.05, 4.69) is 36.4 Å². The number of rotatable bonds is 4. The molecule has 31 heavy (non-hydrogen) atoms. The summed E-state index contributed by atoms with van der Waals surface area (Å²) < 4.78 is 0. The number of benzene rings is 4. The van der Waals surface area contributed by atoms with Crippen molar-refractivity contribution in [1.29, 1.82) is 0 Å². The summed E-state index contributed by atoms with van der Waals surface area (Å²) >= 11 is 0. The Hall–Kier alpha value is -4.04. The average molecular weight is 400 g/mol. The van der Waals surface area contributed by atoms with Crippen LogP contribution in [0.2, 0.25) is 0 Å². The second kappa shape index (κ2) is 7.66. The second-order valence-electron chi connectivity index (χ2n) is 7.65. The van der Waals surface area contributed by atoms with Gasteiger partial charge in [0.1, 0.15) is 0 Å². The molecule has 0 saturated carbocycles. The number of hydrogen-bond acceptors (Lipinski definition) is 2. The van der Waals surface area contributed by atoms with Gasteiger partial charge < -0.3 is 0 Å². The van der Waals surface area contributed by atoms with Gasteiger partial charge in [0.15, 0.2) is 0 Å². The van der Waals surface area contributed by atoms with E-state index >= 15 is 0 Å². The maximum absolute atomic E-state index is 12.9. The van der Waals surface area contributed by atoms with Crippen molar-refractivity contribution in [2.45, 2.75) is 5.41 Å². The lowest BCUT2D eigenvalue weighted by Gasteiger charge is -2.40. The van der Waals surface area contributed by atoms with E-state index in [0.717, 1.165) is 27.8 Å². The maximum Gasteiger partial charge on any atom is 0.233 e. The summed E-state index contributed by atoms with van der Waals surface area (Å²) in [7, 11) is 0. The summed E-state index contributed by atoms with van der Waals surface area (Å²) in [6.45, 7) is 0. The topological polar surface area (TPSA) is 34.1 Å². The van der Waals surface area contributed by atoms with Crippen molar-refractivity contribution < 1.29 is 9.59 Å². The number of fused-ring (bicyclic) bond motifs is 1. The molecule has 2 nitrogen and oxygen atoms in total. The maximum atomic E-state index is 12.9. The van der Waals surface area contributed by atoms with E-state index in [9.17, 15) is 9.59 Å². The predicted octanol–water partition coefficient (Wildman–Crippen LogP) is 5.87. The van der Waals surface area contributed by atoms with Crippen molar-refractivity contribution in [3.05, 3.63) is 149 Å². The first kappa shape index (κ1) is 19.0. The molecule has 1 aliphatic rings. The van der Waals surface area contributed by atoms with E-state index < -0.39 is 17.0 Å². The first-order valence-corrected chi connectivity index (χ1v) is 10.3. The largest absolute Gasteiger partial charge is 0.286 e. The van der Waals surface area contributed by atoms with Gasteiger partial charge in [-0.05, 0) is 33.9 Å². The van der Waals surface area contributed by atoms with Crippen molar-refractivity contribution in [3.63, 3.8) is 0 Å². The minimum absolute atomic E-state index is 0.456. The van der Waals surface area contributed by atoms with Crippen molar-refractivity contribution in [1.82, 2.24) is 0 Å². The van der Waals surface area contributed by atoms with Crippen molar-refractivity contribution in [2.75, 3.05) is 0 Å². The van der Waals surface area contributed by atoms with Crippen LogP contribution in [0.3, 0.4) is 0 Å². The SMILES string of the molecule is O=C1C=C(C(c2ccccc2)(c2ccccc2)c2ccccc2)c2ccccc2C1=O. The van der Waals surface area contributed by atoms with Crippen molar-refractivity contribution in [2.24, 2.45) is 0 Å². The molecule has 5 rings (SSSR count). The van der Waals surface area contributed by atoms with Gasteiger partial charge in [-0.1, -0.05) is 115 Å². The Balaban J connectivity index is 1.96. The van der Waals surface area contributed by atoms with Crippen LogP contribution in [0.5, 0.6) is 0 Å². The van der Waals surface area contributed by atoms with Crippen LogP contribution in [0.4, 0.5) is 0 Å². The van der Waals surface area contributed by atoms with E-state index in [1.54, 1.807) is 6.07 Å². The molecular weight excluding hydrogens is 380 g/mol. The third-order valence-corrected chi connectivity index (χ3v) is 5.99. The van der Waals surface area contributed by atoms with Crippen LogP contribution >= 0.6 is 0 Å². The van der Waals surface area contributed by atoms with E-state index in [4.69, 9.17) is 0 Å². The third kappa shape index (κ3) is 2.96. The van der Waals surface area contributed by atoms with E-state index in [-0.39, 0.29) is 0 Å². The molecule has 0 amide bonds. The van der Waals surface area contributed by atoms with Crippen LogP contribution in [-0.4, -0.2) is 11.6 Å². The fraction of sp³-hybridized carbons (Fsp3) is 0.0345. The minimum Gasteiger partial charge on any atom is -0.286 e. The van der Waals surface area contributed by atoms with Gasteiger partial charge >= 0.3 is 0 Å². The van der Waals surface area contributed by atoms with Crippen LogP contribution in [0, 0.1) is 0 Å². The van der Waals surface area contributed by atoms with Gasteiger partial charge in [-0.2, -0.15) is 0 Å². The molecule has 0 N–H and O–H groups in total. The van der Waals surface area contributed by atoms with Crippen LogP contribution < -0.4 is 0 Å². The van der Waals surface area contributed by atoms with Crippen LogP contribution in [0.25, 0.3) is 5.57 Å². The van der Waals surface area contributed by atoms with Crippen molar-refractivity contribution >= 4 is 17.1 Å². The Morgan fingerprint density at radius 1 is 0.452 bits per heavy atom. The Kier molecular flexibility index (Phi) is 4.68. The molecule has 0 spiro atoms. The van der Waals surface area contributed by atoms with Gasteiger partial charge in [0.25, 0.3) is 0 Å². The molecule has 0 radical (unpaired) electrons. The molecule has 148 valence electrons. The number of allylic oxidation sites excluding steroid dienone is 2. The summed E-state index contributed by atoms with van der Waals surface area (Å²) in [5.74, 6) is -0.941. The van der Waals surface area contributed by atoms with Gasteiger partial charge in [-0.15, -0.1) is 0 Å². The van der Waals surface area contributed by atoms with Crippen LogP contribution in [0.15, 0.2) is 121 Å². The lowest BCUT2D eigenvalue weighted by molar-refractivity contribution is -0.111. The number of carbonyl (C=O) groups is 2. The first-order chi connectivity index (χ1) is 15.2. The summed E-state index contributed by atoms with van der Waals surface area (Å²) in [5, 5.41) is 0. The van der Waals surface area contributed by atoms with Gasteiger partial charge in [0.05, 0.1) is 5.41 Å². The zero-order valence-corrected chi connectivity index (χ0v) is 16.9. The van der Waals surface area contributed by atoms with Gasteiger partial charge in [-0.3, -0.25) is 9.59 Å². The van der Waals surface area contributed by atoms with Crippen LogP contribution in [0.1, 0.15) is 32.6 Å². The minimum atomic E-state index is -0.754. The molecule has 0 saturated heterocycles. The Morgan fingerprint density at radius 2 is 0.839 bits per heavy atom. The van der Waals surface area contributed by atoms with E-state index in [0.29, 0.717) is 5.56 Å². The Labute approximate surface area is 181 Å². The predicted molar refractivity (Wildman–Crippen MR) is 123 cm³/mol. The zero-order valence-electron chi connectivity index (χ0n) is 16.9. The molecule has 0 fully saturated rings. The Morgan fingerprint density at radius 3 is 1.29 bits per heavy atom. The average Bonchev–Trinajstić information content (AvgIpc) is 2.85.